The highest BCUT2D eigenvalue weighted by molar-refractivity contribution is 5.95. The van der Waals surface area contributed by atoms with Gasteiger partial charge in [-0.25, -0.2) is 0 Å². The van der Waals surface area contributed by atoms with Gasteiger partial charge in [-0.15, -0.1) is 0 Å². The van der Waals surface area contributed by atoms with Crippen molar-refractivity contribution in [1.29, 1.82) is 0 Å². The van der Waals surface area contributed by atoms with Gasteiger partial charge in [0.1, 0.15) is 12.7 Å². The Morgan fingerprint density at radius 2 is 1.38 bits per heavy atom. The van der Waals surface area contributed by atoms with Crippen molar-refractivity contribution < 1.29 is 67.7 Å². The number of benzene rings is 1. The van der Waals surface area contributed by atoms with Gasteiger partial charge in [-0.2, -0.15) is 0 Å². The number of phenols is 1. The zero-order chi connectivity index (χ0) is 30.0. The quantitative estimate of drug-likeness (QED) is 0.209. The lowest BCUT2D eigenvalue weighted by Gasteiger charge is -2.43. The fourth-order valence-corrected chi connectivity index (χ4v) is 3.90. The molecule has 1 aliphatic heterocycles. The molecule has 0 aliphatic carbocycles. The molecule has 0 saturated carbocycles. The van der Waals surface area contributed by atoms with Gasteiger partial charge in [-0.1, -0.05) is 0 Å². The zero-order valence-corrected chi connectivity index (χ0v) is 22.4. The molecule has 1 aromatic carbocycles. The van der Waals surface area contributed by atoms with E-state index in [1.807, 2.05) is 0 Å². The van der Waals surface area contributed by atoms with E-state index in [0.717, 1.165) is 33.8 Å². The van der Waals surface area contributed by atoms with Crippen molar-refractivity contribution in [1.82, 2.24) is 4.90 Å². The molecule has 0 aromatic heterocycles. The first-order valence-corrected chi connectivity index (χ1v) is 12.2. The van der Waals surface area contributed by atoms with E-state index in [1.54, 1.807) is 0 Å². The third-order valence-electron chi connectivity index (χ3n) is 5.42. The third-order valence-corrected chi connectivity index (χ3v) is 5.42. The molecule has 15 heteroatoms. The molecule has 3 N–H and O–H groups in total. The molecule has 40 heavy (non-hydrogen) atoms. The summed E-state index contributed by atoms with van der Waals surface area (Å²) in [6.45, 7) is 3.08. The molecule has 1 heterocycles. The first kappa shape index (κ1) is 32.3. The summed E-state index contributed by atoms with van der Waals surface area (Å²) in [5, 5.41) is 29.0. The maximum atomic E-state index is 12.7. The number of nitrogens with zero attached hydrogens (tertiary/aromatic N) is 1. The molecule has 1 fully saturated rings. The fourth-order valence-electron chi connectivity index (χ4n) is 3.90. The summed E-state index contributed by atoms with van der Waals surface area (Å²) in [6, 6.07) is 3.59. The SMILES string of the molecule is CC(=O)OC[C@@H]1O[C@@H](Oc2ccc(C(=O)N(CCO)CCO)cc2O)[C@@H](OC(C)=O)[C@H](OC(C)=O)[C@H]1OC(C)=O. The second-order valence-corrected chi connectivity index (χ2v) is 8.61. The summed E-state index contributed by atoms with van der Waals surface area (Å²) in [4.78, 5) is 61.1. The van der Waals surface area contributed by atoms with E-state index < -0.39 is 72.8 Å². The number of phenolic OH excluding ortho intramolecular Hbond substituents is 1. The summed E-state index contributed by atoms with van der Waals surface area (Å²) in [5.41, 5.74) is 0.00768. The topological polar surface area (TPSA) is 205 Å². The lowest BCUT2D eigenvalue weighted by atomic mass is 9.98. The number of carbonyl (C=O) groups is 5. The number of carbonyl (C=O) groups excluding carboxylic acids is 5. The van der Waals surface area contributed by atoms with Crippen LogP contribution < -0.4 is 4.74 Å². The predicted molar refractivity (Wildman–Crippen MR) is 131 cm³/mol. The Hall–Kier alpha value is -3.95. The van der Waals surface area contributed by atoms with Crippen molar-refractivity contribution >= 4 is 29.8 Å². The predicted octanol–water partition coefficient (Wildman–Crippen LogP) is -0.719. The molecular formula is C25H33NO14. The molecule has 0 unspecified atom stereocenters. The van der Waals surface area contributed by atoms with E-state index in [-0.39, 0.29) is 37.6 Å². The first-order chi connectivity index (χ1) is 18.9. The van der Waals surface area contributed by atoms with Crippen molar-refractivity contribution in [2.24, 2.45) is 0 Å². The molecule has 0 bridgehead atoms. The van der Waals surface area contributed by atoms with Gasteiger partial charge < -0.3 is 48.6 Å². The monoisotopic (exact) mass is 571 g/mol. The summed E-state index contributed by atoms with van der Waals surface area (Å²) >= 11 is 0. The van der Waals surface area contributed by atoms with Crippen LogP contribution >= 0.6 is 0 Å². The summed E-state index contributed by atoms with van der Waals surface area (Å²) in [5.74, 6) is -4.51. The van der Waals surface area contributed by atoms with E-state index in [1.165, 1.54) is 17.0 Å². The van der Waals surface area contributed by atoms with Gasteiger partial charge in [0.15, 0.2) is 23.7 Å². The smallest absolute Gasteiger partial charge is 0.303 e. The van der Waals surface area contributed by atoms with Crippen LogP contribution in [0.15, 0.2) is 18.2 Å². The maximum Gasteiger partial charge on any atom is 0.303 e. The van der Waals surface area contributed by atoms with Crippen LogP contribution in [0, 0.1) is 0 Å². The fraction of sp³-hybridized carbons (Fsp3) is 0.560. The Balaban J connectivity index is 2.45. The van der Waals surface area contributed by atoms with E-state index in [9.17, 15) is 39.3 Å². The molecule has 1 amide bonds. The third kappa shape index (κ3) is 9.07. The second-order valence-electron chi connectivity index (χ2n) is 8.61. The number of aromatic hydroxyl groups is 1. The first-order valence-electron chi connectivity index (χ1n) is 12.2. The molecular weight excluding hydrogens is 538 g/mol. The summed E-state index contributed by atoms with van der Waals surface area (Å²) in [7, 11) is 0. The largest absolute Gasteiger partial charge is 0.504 e. The van der Waals surface area contributed by atoms with Gasteiger partial charge in [0.25, 0.3) is 5.91 Å². The van der Waals surface area contributed by atoms with Crippen LogP contribution in [0.25, 0.3) is 0 Å². The van der Waals surface area contributed by atoms with Gasteiger partial charge in [0.2, 0.25) is 12.4 Å². The van der Waals surface area contributed by atoms with Gasteiger partial charge in [0.05, 0.1) is 13.2 Å². The van der Waals surface area contributed by atoms with Gasteiger partial charge in [0, 0.05) is 46.3 Å². The average Bonchev–Trinajstić information content (AvgIpc) is 2.86. The number of hydrogen-bond donors (Lipinski definition) is 3. The Labute approximate surface area is 229 Å². The summed E-state index contributed by atoms with van der Waals surface area (Å²) < 4.78 is 32.5. The van der Waals surface area contributed by atoms with Crippen LogP contribution in [-0.2, 0) is 42.9 Å². The van der Waals surface area contributed by atoms with Crippen molar-refractivity contribution in [3.63, 3.8) is 0 Å². The highest BCUT2D eigenvalue weighted by Crippen LogP contribution is 2.34. The lowest BCUT2D eigenvalue weighted by Crippen LogP contribution is -2.63. The highest BCUT2D eigenvalue weighted by Gasteiger charge is 2.53. The maximum absolute atomic E-state index is 12.7. The van der Waals surface area contributed by atoms with Crippen molar-refractivity contribution in [3.8, 4) is 11.5 Å². The Morgan fingerprint density at radius 3 is 1.88 bits per heavy atom. The highest BCUT2D eigenvalue weighted by atomic mass is 16.7. The molecule has 15 nitrogen and oxygen atoms in total. The van der Waals surface area contributed by atoms with Crippen molar-refractivity contribution in [3.05, 3.63) is 23.8 Å². The standard InChI is InChI=1S/C25H33NO14/c1-13(29)35-12-20-21(36-14(2)30)22(37-15(3)31)23(38-16(4)32)25(40-20)39-19-6-5-17(11-18(19)33)24(34)26(7-9-27)8-10-28/h5-6,11,20-23,25,27-28,33H,7-10,12H2,1-4H3/t20-,21-,22+,23-,25+/m0/s1. The van der Waals surface area contributed by atoms with Crippen LogP contribution in [0.1, 0.15) is 38.1 Å². The Morgan fingerprint density at radius 1 is 0.825 bits per heavy atom. The molecule has 1 aliphatic rings. The second kappa shape index (κ2) is 15.0. The number of ether oxygens (including phenoxy) is 6. The van der Waals surface area contributed by atoms with E-state index >= 15 is 0 Å². The van der Waals surface area contributed by atoms with Crippen LogP contribution in [0.2, 0.25) is 0 Å². The number of aliphatic hydroxyl groups is 2. The minimum absolute atomic E-state index is 0.00768. The van der Waals surface area contributed by atoms with Crippen LogP contribution in [-0.4, -0.2) is 114 Å². The average molecular weight is 572 g/mol. The molecule has 2 rings (SSSR count). The number of esters is 4. The minimum Gasteiger partial charge on any atom is -0.504 e. The normalized spacial score (nSPS) is 22.0. The zero-order valence-electron chi connectivity index (χ0n) is 22.4. The minimum atomic E-state index is -1.59. The van der Waals surface area contributed by atoms with E-state index in [0.29, 0.717) is 0 Å². The van der Waals surface area contributed by atoms with Gasteiger partial charge >= 0.3 is 23.9 Å². The van der Waals surface area contributed by atoms with E-state index in [2.05, 4.69) is 0 Å². The lowest BCUT2D eigenvalue weighted by molar-refractivity contribution is -0.288. The van der Waals surface area contributed by atoms with Crippen LogP contribution in [0.5, 0.6) is 11.5 Å². The summed E-state index contributed by atoms with van der Waals surface area (Å²) in [6.07, 6.45) is -7.24. The molecule has 1 aromatic rings. The molecule has 222 valence electrons. The van der Waals surface area contributed by atoms with Crippen LogP contribution in [0.4, 0.5) is 0 Å². The van der Waals surface area contributed by atoms with Gasteiger partial charge in [-0.05, 0) is 18.2 Å². The Kier molecular flexibility index (Phi) is 12.1. The molecule has 5 atom stereocenters. The molecule has 0 spiro atoms. The van der Waals surface area contributed by atoms with Crippen LogP contribution in [0.3, 0.4) is 0 Å². The molecule has 0 radical (unpaired) electrons. The Bertz CT molecular complexity index is 1070. The van der Waals surface area contributed by atoms with Crippen molar-refractivity contribution in [2.75, 3.05) is 32.9 Å². The molecule has 1 saturated heterocycles. The number of aliphatic hydroxyl groups excluding tert-OH is 2. The van der Waals surface area contributed by atoms with Crippen molar-refractivity contribution in [2.45, 2.75) is 58.4 Å². The number of amides is 1. The van der Waals surface area contributed by atoms with Gasteiger partial charge in [-0.3, -0.25) is 24.0 Å². The number of hydrogen-bond acceptors (Lipinski definition) is 14. The number of rotatable bonds is 12. The van der Waals surface area contributed by atoms with E-state index in [4.69, 9.17) is 28.4 Å².